The number of aromatic nitrogens is 1. The van der Waals surface area contributed by atoms with Gasteiger partial charge in [-0.2, -0.15) is 0 Å². The molecule has 0 saturated carbocycles. The average Bonchev–Trinajstić information content (AvgIpc) is 2.93. The van der Waals surface area contributed by atoms with E-state index in [1.807, 2.05) is 18.2 Å². The number of rotatable bonds is 2. The number of carboxylic acid groups (broad SMARTS) is 1. The summed E-state index contributed by atoms with van der Waals surface area (Å²) in [7, 11) is 0. The topological polar surface area (TPSA) is 72.6 Å². The Hall–Kier alpha value is -1.40. The Bertz CT molecular complexity index is 609. The van der Waals surface area contributed by atoms with Crippen molar-refractivity contribution in [1.82, 2.24) is 4.98 Å². The second-order valence-corrected chi connectivity index (χ2v) is 5.11. The van der Waals surface area contributed by atoms with E-state index in [-0.39, 0.29) is 6.10 Å². The maximum Gasteiger partial charge on any atom is 0.332 e. The fourth-order valence-electron chi connectivity index (χ4n) is 2.06. The lowest BCUT2D eigenvalue weighted by Gasteiger charge is -2.06. The first-order valence-electron chi connectivity index (χ1n) is 5.58. The molecule has 2 aromatic rings. The predicted octanol–water partition coefficient (Wildman–Crippen LogP) is 2.90. The van der Waals surface area contributed by atoms with Gasteiger partial charge in [0.25, 0.3) is 0 Å². The van der Waals surface area contributed by atoms with E-state index < -0.39 is 12.1 Å². The van der Waals surface area contributed by atoms with Gasteiger partial charge in [0.1, 0.15) is 11.6 Å². The second-order valence-electron chi connectivity index (χ2n) is 4.19. The van der Waals surface area contributed by atoms with Crippen molar-refractivity contribution < 1.29 is 19.1 Å². The monoisotopic (exact) mass is 311 g/mol. The molecule has 2 unspecified atom stereocenters. The summed E-state index contributed by atoms with van der Waals surface area (Å²) in [5.41, 5.74) is 1.41. The lowest BCUT2D eigenvalue weighted by molar-refractivity contribution is -0.149. The maximum absolute atomic E-state index is 10.8. The first-order valence-corrected chi connectivity index (χ1v) is 6.37. The molecule has 1 saturated heterocycles. The van der Waals surface area contributed by atoms with Crippen LogP contribution in [0.2, 0.25) is 0 Å². The van der Waals surface area contributed by atoms with Crippen LogP contribution in [0.4, 0.5) is 0 Å². The van der Waals surface area contributed by atoms with Crippen LogP contribution in [-0.4, -0.2) is 22.2 Å². The van der Waals surface area contributed by atoms with Crippen molar-refractivity contribution in [1.29, 1.82) is 0 Å². The lowest BCUT2D eigenvalue weighted by atomic mass is 10.2. The zero-order valence-corrected chi connectivity index (χ0v) is 10.9. The summed E-state index contributed by atoms with van der Waals surface area (Å²) < 4.78 is 11.9. The Kier molecular flexibility index (Phi) is 2.83. The van der Waals surface area contributed by atoms with Crippen LogP contribution in [0, 0.1) is 0 Å². The summed E-state index contributed by atoms with van der Waals surface area (Å²) >= 11 is 3.36. The van der Waals surface area contributed by atoms with E-state index in [1.54, 1.807) is 0 Å². The minimum absolute atomic E-state index is 0.364. The fourth-order valence-corrected chi connectivity index (χ4v) is 2.41. The molecule has 0 spiro atoms. The molecule has 3 rings (SSSR count). The van der Waals surface area contributed by atoms with Crippen LogP contribution in [-0.2, 0) is 9.53 Å². The van der Waals surface area contributed by atoms with E-state index in [4.69, 9.17) is 14.3 Å². The zero-order chi connectivity index (χ0) is 12.7. The van der Waals surface area contributed by atoms with Gasteiger partial charge < -0.3 is 14.3 Å². The van der Waals surface area contributed by atoms with Crippen LogP contribution in [0.3, 0.4) is 0 Å². The van der Waals surface area contributed by atoms with E-state index in [2.05, 4.69) is 20.9 Å². The molecule has 1 aromatic heterocycles. The first kappa shape index (κ1) is 11.7. The van der Waals surface area contributed by atoms with Gasteiger partial charge in [-0.15, -0.1) is 0 Å². The second kappa shape index (κ2) is 4.37. The highest BCUT2D eigenvalue weighted by Crippen LogP contribution is 2.34. The van der Waals surface area contributed by atoms with Crippen molar-refractivity contribution in [2.24, 2.45) is 0 Å². The Balaban J connectivity index is 1.89. The molecule has 1 aromatic carbocycles. The van der Waals surface area contributed by atoms with Crippen molar-refractivity contribution in [3.05, 3.63) is 28.6 Å². The minimum atomic E-state index is -0.934. The van der Waals surface area contributed by atoms with Gasteiger partial charge >= 0.3 is 5.97 Å². The third kappa shape index (κ3) is 2.02. The van der Waals surface area contributed by atoms with Crippen LogP contribution in [0.15, 0.2) is 27.1 Å². The standard InChI is InChI=1S/C12H10BrNO4/c13-6-1-2-8-7(5-6)14-11(18-8)9-3-4-10(17-9)12(15)16/h1-2,5,9-10H,3-4H2,(H,15,16). The fraction of sp³-hybridized carbons (Fsp3) is 0.333. The number of carboxylic acids is 1. The molecule has 0 radical (unpaired) electrons. The van der Waals surface area contributed by atoms with Gasteiger partial charge in [0.15, 0.2) is 11.7 Å². The van der Waals surface area contributed by atoms with Gasteiger partial charge in [-0.05, 0) is 31.0 Å². The first-order chi connectivity index (χ1) is 8.63. The normalized spacial score (nSPS) is 23.6. The highest BCUT2D eigenvalue weighted by atomic mass is 79.9. The molecule has 0 amide bonds. The number of hydrogen-bond acceptors (Lipinski definition) is 4. The average molecular weight is 312 g/mol. The highest BCUT2D eigenvalue weighted by Gasteiger charge is 2.34. The minimum Gasteiger partial charge on any atom is -0.479 e. The smallest absolute Gasteiger partial charge is 0.332 e. The molecule has 94 valence electrons. The molecule has 6 heteroatoms. The van der Waals surface area contributed by atoms with Crippen molar-refractivity contribution in [3.63, 3.8) is 0 Å². The van der Waals surface area contributed by atoms with Gasteiger partial charge in [-0.25, -0.2) is 9.78 Å². The molecule has 2 atom stereocenters. The number of nitrogens with zero attached hydrogens (tertiary/aromatic N) is 1. The van der Waals surface area contributed by atoms with E-state index >= 15 is 0 Å². The molecular formula is C12H10BrNO4. The largest absolute Gasteiger partial charge is 0.479 e. The molecule has 0 bridgehead atoms. The Morgan fingerprint density at radius 2 is 2.28 bits per heavy atom. The number of halogens is 1. The van der Waals surface area contributed by atoms with Crippen LogP contribution in [0.5, 0.6) is 0 Å². The van der Waals surface area contributed by atoms with Crippen molar-refractivity contribution in [2.75, 3.05) is 0 Å². The van der Waals surface area contributed by atoms with Gasteiger partial charge in [0, 0.05) is 4.47 Å². The van der Waals surface area contributed by atoms with Crippen LogP contribution in [0.1, 0.15) is 24.8 Å². The number of oxazole rings is 1. The summed E-state index contributed by atoms with van der Waals surface area (Å²) in [5, 5.41) is 8.87. The molecule has 0 aliphatic carbocycles. The molecule has 1 fully saturated rings. The number of fused-ring (bicyclic) bond motifs is 1. The number of ether oxygens (including phenoxy) is 1. The van der Waals surface area contributed by atoms with Crippen LogP contribution >= 0.6 is 15.9 Å². The van der Waals surface area contributed by atoms with Gasteiger partial charge in [-0.1, -0.05) is 15.9 Å². The molecule has 18 heavy (non-hydrogen) atoms. The number of aliphatic carboxylic acids is 1. The predicted molar refractivity (Wildman–Crippen MR) is 66.2 cm³/mol. The van der Waals surface area contributed by atoms with Crippen molar-refractivity contribution >= 4 is 33.0 Å². The molecular weight excluding hydrogens is 302 g/mol. The van der Waals surface area contributed by atoms with Gasteiger partial charge in [-0.3, -0.25) is 0 Å². The van der Waals surface area contributed by atoms with Gasteiger partial charge in [0.2, 0.25) is 5.89 Å². The molecule has 1 N–H and O–H groups in total. The SMILES string of the molecule is O=C(O)C1CCC(c2nc3cc(Br)ccc3o2)O1. The number of carbonyl (C=O) groups is 1. The summed E-state index contributed by atoms with van der Waals surface area (Å²) in [6.45, 7) is 0. The highest BCUT2D eigenvalue weighted by molar-refractivity contribution is 9.10. The van der Waals surface area contributed by atoms with Crippen molar-refractivity contribution in [2.45, 2.75) is 25.0 Å². The Morgan fingerprint density at radius 3 is 3.00 bits per heavy atom. The van der Waals surface area contributed by atoms with Gasteiger partial charge in [0.05, 0.1) is 0 Å². The lowest BCUT2D eigenvalue weighted by Crippen LogP contribution is -2.18. The Labute approximate surface area is 111 Å². The van der Waals surface area contributed by atoms with E-state index in [9.17, 15) is 4.79 Å². The third-order valence-corrected chi connectivity index (χ3v) is 3.43. The van der Waals surface area contributed by atoms with Crippen LogP contribution < -0.4 is 0 Å². The number of benzene rings is 1. The molecule has 2 heterocycles. The summed E-state index contributed by atoms with van der Waals surface area (Å²) in [6.07, 6.45) is -0.0121. The van der Waals surface area contributed by atoms with Crippen LogP contribution in [0.25, 0.3) is 11.1 Å². The summed E-state index contributed by atoms with van der Waals surface area (Å²) in [4.78, 5) is 15.1. The van der Waals surface area contributed by atoms with Crippen molar-refractivity contribution in [3.8, 4) is 0 Å². The molecule has 5 nitrogen and oxygen atoms in total. The molecule has 1 aliphatic rings. The van der Waals surface area contributed by atoms with E-state index in [0.717, 1.165) is 9.99 Å². The van der Waals surface area contributed by atoms with E-state index in [0.29, 0.717) is 24.3 Å². The van der Waals surface area contributed by atoms with E-state index in [1.165, 1.54) is 0 Å². The zero-order valence-electron chi connectivity index (χ0n) is 9.30. The number of hydrogen-bond donors (Lipinski definition) is 1. The molecule has 1 aliphatic heterocycles. The summed E-state index contributed by atoms with van der Waals surface area (Å²) in [5.74, 6) is -0.483. The summed E-state index contributed by atoms with van der Waals surface area (Å²) in [6, 6.07) is 5.54. The maximum atomic E-state index is 10.8. The third-order valence-electron chi connectivity index (χ3n) is 2.94. The quantitative estimate of drug-likeness (QED) is 0.923. The Morgan fingerprint density at radius 1 is 1.44 bits per heavy atom.